The first-order chi connectivity index (χ1) is 12.4. The van der Waals surface area contributed by atoms with Crippen molar-refractivity contribution in [1.82, 2.24) is 10.2 Å². The molecular formula is C17H28N2O7. The number of carbonyl (C=O) groups excluding carboxylic acids is 4. The van der Waals surface area contributed by atoms with Gasteiger partial charge in [-0.15, -0.1) is 0 Å². The van der Waals surface area contributed by atoms with E-state index >= 15 is 0 Å². The third-order valence-corrected chi connectivity index (χ3v) is 3.31. The third kappa shape index (κ3) is 12.9. The Balaban J connectivity index is 3.72. The van der Waals surface area contributed by atoms with E-state index in [1.807, 2.05) is 13.8 Å². The van der Waals surface area contributed by atoms with Gasteiger partial charge in [-0.3, -0.25) is 14.4 Å². The summed E-state index contributed by atoms with van der Waals surface area (Å²) in [7, 11) is 0. The number of nitrogens with zero attached hydrogens (tertiary/aromatic N) is 1. The molecule has 0 saturated heterocycles. The van der Waals surface area contributed by atoms with Crippen LogP contribution in [-0.2, 0) is 33.4 Å². The van der Waals surface area contributed by atoms with E-state index in [1.165, 1.54) is 0 Å². The Morgan fingerprint density at radius 3 is 2.15 bits per heavy atom. The summed E-state index contributed by atoms with van der Waals surface area (Å²) in [5.41, 5.74) is 0. The van der Waals surface area contributed by atoms with Crippen molar-refractivity contribution in [1.29, 1.82) is 0 Å². The fourth-order valence-electron chi connectivity index (χ4n) is 1.78. The number of esters is 3. The average Bonchev–Trinajstić information content (AvgIpc) is 2.65. The molecule has 0 radical (unpaired) electrons. The molecule has 9 nitrogen and oxygen atoms in total. The van der Waals surface area contributed by atoms with E-state index < -0.39 is 23.8 Å². The SMILES string of the molecule is C=CC(=O)OCCOC(=O)CCC(=O)NCC(=O)OCCN(CC)CC. The highest BCUT2D eigenvalue weighted by Crippen LogP contribution is 1.94. The van der Waals surface area contributed by atoms with E-state index in [0.717, 1.165) is 19.2 Å². The summed E-state index contributed by atoms with van der Waals surface area (Å²) in [4.78, 5) is 47.3. The monoisotopic (exact) mass is 372 g/mol. The van der Waals surface area contributed by atoms with Gasteiger partial charge in [0.25, 0.3) is 0 Å². The molecule has 0 fully saturated rings. The molecule has 0 aromatic carbocycles. The van der Waals surface area contributed by atoms with Crippen LogP contribution in [0, 0.1) is 0 Å². The maximum absolute atomic E-state index is 11.6. The summed E-state index contributed by atoms with van der Waals surface area (Å²) in [6.07, 6.45) is 0.747. The molecule has 0 bridgehead atoms. The molecular weight excluding hydrogens is 344 g/mol. The molecule has 0 rings (SSSR count). The van der Waals surface area contributed by atoms with Gasteiger partial charge in [-0.05, 0) is 13.1 Å². The zero-order valence-electron chi connectivity index (χ0n) is 15.5. The number of amides is 1. The van der Waals surface area contributed by atoms with Crippen LogP contribution in [-0.4, -0.2) is 74.7 Å². The normalized spacial score (nSPS) is 10.1. The fourth-order valence-corrected chi connectivity index (χ4v) is 1.78. The van der Waals surface area contributed by atoms with Gasteiger partial charge in [0.1, 0.15) is 26.4 Å². The van der Waals surface area contributed by atoms with E-state index in [4.69, 9.17) is 9.47 Å². The number of carbonyl (C=O) groups is 4. The Labute approximate surface area is 153 Å². The smallest absolute Gasteiger partial charge is 0.330 e. The van der Waals surface area contributed by atoms with Crippen LogP contribution in [0.1, 0.15) is 26.7 Å². The summed E-state index contributed by atoms with van der Waals surface area (Å²) in [5, 5.41) is 2.38. The molecule has 0 aliphatic rings. The van der Waals surface area contributed by atoms with Gasteiger partial charge in [0, 0.05) is 19.0 Å². The van der Waals surface area contributed by atoms with E-state index in [1.54, 1.807) is 0 Å². The van der Waals surface area contributed by atoms with Gasteiger partial charge in [0.05, 0.1) is 6.42 Å². The Kier molecular flexibility index (Phi) is 13.5. The van der Waals surface area contributed by atoms with Crippen molar-refractivity contribution in [2.75, 3.05) is 46.0 Å². The summed E-state index contributed by atoms with van der Waals surface area (Å²) >= 11 is 0. The first kappa shape index (κ1) is 23.6. The average molecular weight is 372 g/mol. The first-order valence-corrected chi connectivity index (χ1v) is 8.52. The lowest BCUT2D eigenvalue weighted by Crippen LogP contribution is -2.33. The molecule has 0 atom stereocenters. The lowest BCUT2D eigenvalue weighted by Gasteiger charge is -2.17. The van der Waals surface area contributed by atoms with Gasteiger partial charge in [-0.1, -0.05) is 20.4 Å². The minimum atomic E-state index is -0.607. The fraction of sp³-hybridized carbons (Fsp3) is 0.647. The molecule has 0 aliphatic carbocycles. The number of ether oxygens (including phenoxy) is 3. The van der Waals surface area contributed by atoms with Crippen molar-refractivity contribution >= 4 is 23.8 Å². The Morgan fingerprint density at radius 1 is 0.923 bits per heavy atom. The second-order valence-electron chi connectivity index (χ2n) is 5.12. The van der Waals surface area contributed by atoms with Crippen molar-refractivity contribution in [3.8, 4) is 0 Å². The molecule has 0 aliphatic heterocycles. The van der Waals surface area contributed by atoms with Crippen LogP contribution in [0.15, 0.2) is 12.7 Å². The standard InChI is InChI=1S/C17H28N2O7/c1-4-15(21)25-11-12-26-16(22)8-7-14(20)18-13-17(23)24-10-9-19(5-2)6-3/h4H,1,5-13H2,2-3H3,(H,18,20). The van der Waals surface area contributed by atoms with E-state index in [2.05, 4.69) is 21.5 Å². The van der Waals surface area contributed by atoms with Crippen molar-refractivity contribution in [3.63, 3.8) is 0 Å². The van der Waals surface area contributed by atoms with Crippen LogP contribution in [0.25, 0.3) is 0 Å². The molecule has 0 unspecified atom stereocenters. The lowest BCUT2D eigenvalue weighted by atomic mass is 10.3. The first-order valence-electron chi connectivity index (χ1n) is 8.52. The van der Waals surface area contributed by atoms with Crippen molar-refractivity contribution in [2.45, 2.75) is 26.7 Å². The topological polar surface area (TPSA) is 111 Å². The van der Waals surface area contributed by atoms with Crippen LogP contribution in [0.4, 0.5) is 0 Å². The van der Waals surface area contributed by atoms with Crippen LogP contribution in [0.5, 0.6) is 0 Å². The van der Waals surface area contributed by atoms with Gasteiger partial charge in [-0.2, -0.15) is 0 Å². The molecule has 0 heterocycles. The Morgan fingerprint density at radius 2 is 1.54 bits per heavy atom. The van der Waals surface area contributed by atoms with Gasteiger partial charge < -0.3 is 24.4 Å². The lowest BCUT2D eigenvalue weighted by molar-refractivity contribution is -0.150. The number of rotatable bonds is 14. The van der Waals surface area contributed by atoms with Crippen LogP contribution < -0.4 is 5.32 Å². The highest BCUT2D eigenvalue weighted by Gasteiger charge is 2.11. The summed E-state index contributed by atoms with van der Waals surface area (Å²) in [5.74, 6) is -2.20. The molecule has 0 aromatic rings. The van der Waals surface area contributed by atoms with Gasteiger partial charge in [0.15, 0.2) is 0 Å². The predicted molar refractivity (Wildman–Crippen MR) is 93.1 cm³/mol. The number of hydrogen-bond donors (Lipinski definition) is 1. The molecule has 0 saturated carbocycles. The van der Waals surface area contributed by atoms with Gasteiger partial charge in [-0.25, -0.2) is 4.79 Å². The highest BCUT2D eigenvalue weighted by atomic mass is 16.6. The maximum Gasteiger partial charge on any atom is 0.330 e. The zero-order valence-corrected chi connectivity index (χ0v) is 15.5. The Hall–Kier alpha value is -2.42. The van der Waals surface area contributed by atoms with E-state index in [9.17, 15) is 19.2 Å². The third-order valence-electron chi connectivity index (χ3n) is 3.31. The second kappa shape index (κ2) is 14.9. The van der Waals surface area contributed by atoms with Crippen molar-refractivity contribution in [2.24, 2.45) is 0 Å². The highest BCUT2D eigenvalue weighted by molar-refractivity contribution is 5.84. The molecule has 1 N–H and O–H groups in total. The number of hydrogen-bond acceptors (Lipinski definition) is 8. The van der Waals surface area contributed by atoms with Gasteiger partial charge in [0.2, 0.25) is 5.91 Å². The largest absolute Gasteiger partial charge is 0.463 e. The molecule has 1 amide bonds. The minimum absolute atomic E-state index is 0.0812. The second-order valence-corrected chi connectivity index (χ2v) is 5.12. The molecule has 0 spiro atoms. The molecule has 0 aromatic heterocycles. The zero-order chi connectivity index (χ0) is 19.8. The van der Waals surface area contributed by atoms with Crippen LogP contribution in [0.2, 0.25) is 0 Å². The van der Waals surface area contributed by atoms with Crippen LogP contribution in [0.3, 0.4) is 0 Å². The predicted octanol–water partition coefficient (Wildman–Crippen LogP) is 0.0402. The number of nitrogens with one attached hydrogen (secondary N) is 1. The Bertz CT molecular complexity index is 476. The van der Waals surface area contributed by atoms with Crippen molar-refractivity contribution < 1.29 is 33.4 Å². The molecule has 148 valence electrons. The molecule has 9 heteroatoms. The van der Waals surface area contributed by atoms with Crippen molar-refractivity contribution in [3.05, 3.63) is 12.7 Å². The molecule has 26 heavy (non-hydrogen) atoms. The summed E-state index contributed by atoms with van der Waals surface area (Å²) in [6, 6.07) is 0. The number of likely N-dealkylation sites (N-methyl/N-ethyl adjacent to an activating group) is 1. The maximum atomic E-state index is 11.6. The van der Waals surface area contributed by atoms with E-state index in [0.29, 0.717) is 6.54 Å². The summed E-state index contributed by atoms with van der Waals surface area (Å²) in [6.45, 7) is 9.48. The van der Waals surface area contributed by atoms with Gasteiger partial charge >= 0.3 is 17.9 Å². The summed E-state index contributed by atoms with van der Waals surface area (Å²) < 4.78 is 14.4. The van der Waals surface area contributed by atoms with E-state index in [-0.39, 0.29) is 39.2 Å². The van der Waals surface area contributed by atoms with Crippen LogP contribution >= 0.6 is 0 Å². The quantitative estimate of drug-likeness (QED) is 0.197. The minimum Gasteiger partial charge on any atom is -0.463 e.